The first kappa shape index (κ1) is 27.2. The minimum atomic E-state index is -1.56. The summed E-state index contributed by atoms with van der Waals surface area (Å²) in [5.74, 6) is 0. The van der Waals surface area contributed by atoms with Crippen molar-refractivity contribution in [2.75, 3.05) is 0 Å². The van der Waals surface area contributed by atoms with Crippen LogP contribution in [0, 0.1) is 0 Å². The topological polar surface area (TPSA) is 91.3 Å². The van der Waals surface area contributed by atoms with Crippen LogP contribution in [0.25, 0.3) is 0 Å². The zero-order valence-electron chi connectivity index (χ0n) is 14.2. The Morgan fingerprint density at radius 1 is 0.870 bits per heavy atom. The Bertz CT molecular complexity index is 448. The third-order valence-electron chi connectivity index (χ3n) is 2.47. The van der Waals surface area contributed by atoms with Crippen molar-refractivity contribution in [3.63, 3.8) is 0 Å². The summed E-state index contributed by atoms with van der Waals surface area (Å²) in [7, 11) is 0. The molecule has 0 unspecified atom stereocenters. The third kappa shape index (κ3) is 12.4. The van der Waals surface area contributed by atoms with E-state index in [1.165, 1.54) is 0 Å². The minimum absolute atomic E-state index is 0. The molecule has 2 rings (SSSR count). The van der Waals surface area contributed by atoms with E-state index in [0.717, 1.165) is 11.4 Å². The van der Waals surface area contributed by atoms with Crippen molar-refractivity contribution < 1.29 is 24.3 Å². The number of nitrogens with zero attached hydrogens (tertiary/aromatic N) is 4. The molecule has 23 heavy (non-hydrogen) atoms. The molecular weight excluding hydrogens is 378 g/mol. The summed E-state index contributed by atoms with van der Waals surface area (Å²) >= 11 is -1.56. The maximum atomic E-state index is 8.58. The fourth-order valence-corrected chi connectivity index (χ4v) is 1.27. The van der Waals surface area contributed by atoms with Crippen LogP contribution in [0.15, 0.2) is 24.5 Å². The van der Waals surface area contributed by atoms with Gasteiger partial charge in [0.1, 0.15) is 0 Å². The van der Waals surface area contributed by atoms with Gasteiger partial charge in [0.05, 0.1) is 0 Å². The Morgan fingerprint density at radius 3 is 1.22 bits per heavy atom. The van der Waals surface area contributed by atoms with Crippen molar-refractivity contribution in [2.45, 2.75) is 52.4 Å². The first-order valence-electron chi connectivity index (χ1n) is 6.49. The van der Waals surface area contributed by atoms with E-state index >= 15 is 0 Å². The van der Waals surface area contributed by atoms with E-state index < -0.39 is 16.6 Å². The van der Waals surface area contributed by atoms with Crippen molar-refractivity contribution >= 4 is 24.8 Å². The predicted molar refractivity (Wildman–Crippen MR) is 89.9 cm³/mol. The molecular formula is C14H25Cl2N4O2V-2. The number of hydrogen-bond donors (Lipinski definition) is 1. The van der Waals surface area contributed by atoms with E-state index in [-0.39, 0.29) is 35.6 Å². The summed E-state index contributed by atoms with van der Waals surface area (Å²) in [5, 5.41) is 15.4. The quantitative estimate of drug-likeness (QED) is 0.728. The predicted octanol–water partition coefficient (Wildman–Crippen LogP) is 2.84. The standard InChI is InChI=1S/2C7H11N2.2ClH.H2O.O.V/c2*1-7(2,3)6-4-5-8-9-6;;;;;/h2*4-5H,1-3H3;2*1H;1H2;;/q2*-1;;;;;+1/p-1. The molecule has 2 heterocycles. The summed E-state index contributed by atoms with van der Waals surface area (Å²) in [6.45, 7) is 12.7. The second kappa shape index (κ2) is 12.7. The average molecular weight is 403 g/mol. The van der Waals surface area contributed by atoms with Gasteiger partial charge in [-0.25, -0.2) is 0 Å². The van der Waals surface area contributed by atoms with Crippen LogP contribution in [0.2, 0.25) is 0 Å². The Balaban J connectivity index is -0.000000277. The normalized spacial score (nSPS) is 9.87. The summed E-state index contributed by atoms with van der Waals surface area (Å²) in [6.07, 6.45) is 3.45. The molecule has 0 aliphatic carbocycles. The SMILES string of the molecule is CC(C)(C)c1ccn[n-]1.CC(C)(C)c1ccn[n-]1.Cl.Cl.[O]=[V][OH]. The molecule has 0 radical (unpaired) electrons. The molecule has 0 fully saturated rings. The molecule has 0 spiro atoms. The van der Waals surface area contributed by atoms with Gasteiger partial charge in [-0.05, 0) is 10.8 Å². The first-order chi connectivity index (χ1) is 9.62. The van der Waals surface area contributed by atoms with Crippen LogP contribution in [0.1, 0.15) is 52.9 Å². The van der Waals surface area contributed by atoms with Gasteiger partial charge in [0.2, 0.25) is 0 Å². The molecule has 0 saturated carbocycles. The molecule has 1 N–H and O–H groups in total. The Kier molecular flexibility index (Phi) is 15.1. The van der Waals surface area contributed by atoms with Gasteiger partial charge in [0, 0.05) is 12.4 Å². The first-order valence-corrected chi connectivity index (χ1v) is 7.69. The Hall–Kier alpha value is -0.656. The van der Waals surface area contributed by atoms with Crippen LogP contribution in [-0.2, 0) is 31.1 Å². The van der Waals surface area contributed by atoms with E-state index in [1.54, 1.807) is 12.4 Å². The van der Waals surface area contributed by atoms with Gasteiger partial charge < -0.3 is 20.4 Å². The van der Waals surface area contributed by atoms with Crippen LogP contribution >= 0.6 is 24.8 Å². The molecule has 0 atom stereocenters. The van der Waals surface area contributed by atoms with Gasteiger partial charge in [0.25, 0.3) is 0 Å². The second-order valence-electron chi connectivity index (χ2n) is 6.41. The van der Waals surface area contributed by atoms with Crippen molar-refractivity contribution in [3.8, 4) is 0 Å². The zero-order valence-corrected chi connectivity index (χ0v) is 17.2. The van der Waals surface area contributed by atoms with E-state index in [1.807, 2.05) is 12.1 Å². The monoisotopic (exact) mass is 402 g/mol. The molecule has 0 aromatic carbocycles. The summed E-state index contributed by atoms with van der Waals surface area (Å²) in [6, 6.07) is 3.89. The van der Waals surface area contributed by atoms with Gasteiger partial charge in [-0.15, -0.1) is 36.2 Å². The van der Waals surface area contributed by atoms with Gasteiger partial charge in [0.15, 0.2) is 0 Å². The van der Waals surface area contributed by atoms with Crippen molar-refractivity contribution in [1.29, 1.82) is 0 Å². The van der Waals surface area contributed by atoms with E-state index in [2.05, 4.69) is 61.9 Å². The summed E-state index contributed by atoms with van der Waals surface area (Å²) in [4.78, 5) is 0. The van der Waals surface area contributed by atoms with Crippen molar-refractivity contribution in [3.05, 3.63) is 35.9 Å². The maximum absolute atomic E-state index is 8.58. The summed E-state index contributed by atoms with van der Waals surface area (Å²) < 4.78 is 15.7. The van der Waals surface area contributed by atoms with Crippen molar-refractivity contribution in [2.24, 2.45) is 0 Å². The molecule has 0 amide bonds. The van der Waals surface area contributed by atoms with Gasteiger partial charge in [-0.1, -0.05) is 53.7 Å². The number of rotatable bonds is 0. The van der Waals surface area contributed by atoms with E-state index in [0.29, 0.717) is 0 Å². The molecule has 9 heteroatoms. The van der Waals surface area contributed by atoms with Crippen LogP contribution in [0.4, 0.5) is 0 Å². The van der Waals surface area contributed by atoms with Crippen LogP contribution < -0.4 is 10.2 Å². The molecule has 2 aromatic heterocycles. The van der Waals surface area contributed by atoms with Gasteiger partial charge >= 0.3 is 24.3 Å². The molecule has 2 aromatic rings. The van der Waals surface area contributed by atoms with Gasteiger partial charge in [-0.2, -0.15) is 0 Å². The molecule has 134 valence electrons. The Morgan fingerprint density at radius 2 is 1.13 bits per heavy atom. The zero-order chi connectivity index (χ0) is 16.5. The van der Waals surface area contributed by atoms with Crippen molar-refractivity contribution in [1.82, 2.24) is 20.4 Å². The van der Waals surface area contributed by atoms with Gasteiger partial charge in [-0.3, -0.25) is 0 Å². The summed E-state index contributed by atoms with van der Waals surface area (Å²) in [5.41, 5.74) is 2.41. The average Bonchev–Trinajstić information content (AvgIpc) is 3.03. The third-order valence-corrected chi connectivity index (χ3v) is 2.47. The van der Waals surface area contributed by atoms with E-state index in [9.17, 15) is 0 Å². The molecule has 0 aliphatic rings. The number of halogens is 2. The fourth-order valence-electron chi connectivity index (χ4n) is 1.27. The van der Waals surface area contributed by atoms with Crippen LogP contribution in [0.5, 0.6) is 0 Å². The fraction of sp³-hybridized carbons (Fsp3) is 0.571. The van der Waals surface area contributed by atoms with E-state index in [4.69, 9.17) is 7.71 Å². The number of hydrogen-bond acceptors (Lipinski definition) is 3. The number of aromatic nitrogens is 4. The molecule has 0 aliphatic heterocycles. The second-order valence-corrected chi connectivity index (χ2v) is 6.67. The molecule has 0 saturated heterocycles. The molecule has 0 bridgehead atoms. The Labute approximate surface area is 157 Å². The van der Waals surface area contributed by atoms with Crippen LogP contribution in [0.3, 0.4) is 0 Å². The molecule has 6 nitrogen and oxygen atoms in total. The van der Waals surface area contributed by atoms with Crippen LogP contribution in [-0.4, -0.2) is 14.2 Å².